The highest BCUT2D eigenvalue weighted by Crippen LogP contribution is 2.38. The molecule has 1 fully saturated rings. The largest absolute Gasteiger partial charge is 0.360 e. The van der Waals surface area contributed by atoms with E-state index in [1.807, 2.05) is 18.2 Å². The molecular formula is C21H17N5O2. The fourth-order valence-corrected chi connectivity index (χ4v) is 3.18. The minimum absolute atomic E-state index is 0.0748. The molecule has 1 aliphatic carbocycles. The Hall–Kier alpha value is -3.74. The quantitative estimate of drug-likeness (QED) is 0.511. The molecule has 1 aliphatic rings. The number of amides is 1. The van der Waals surface area contributed by atoms with E-state index in [1.54, 1.807) is 30.3 Å². The van der Waals surface area contributed by atoms with Crippen molar-refractivity contribution < 1.29 is 4.79 Å². The maximum absolute atomic E-state index is 12.6. The molecule has 0 unspecified atom stereocenters. The second-order valence-electron chi connectivity index (χ2n) is 6.93. The number of aromatic amines is 2. The molecule has 0 atom stereocenters. The lowest BCUT2D eigenvalue weighted by Crippen LogP contribution is -2.21. The molecule has 5 rings (SSSR count). The van der Waals surface area contributed by atoms with Crippen LogP contribution in [0.1, 0.15) is 34.9 Å². The summed E-state index contributed by atoms with van der Waals surface area (Å²) in [5, 5.41) is 10.5. The second-order valence-corrected chi connectivity index (χ2v) is 6.93. The van der Waals surface area contributed by atoms with Crippen LogP contribution >= 0.6 is 0 Å². The Morgan fingerprint density at radius 1 is 1.07 bits per heavy atom. The molecule has 0 aliphatic heterocycles. The number of fused-ring (bicyclic) bond motifs is 1. The zero-order valence-corrected chi connectivity index (χ0v) is 14.9. The number of hydrogen-bond acceptors (Lipinski definition) is 4. The first-order valence-electron chi connectivity index (χ1n) is 9.13. The van der Waals surface area contributed by atoms with E-state index in [1.165, 1.54) is 6.20 Å². The summed E-state index contributed by atoms with van der Waals surface area (Å²) in [6.45, 7) is 0. The van der Waals surface area contributed by atoms with Crippen LogP contribution in [0.15, 0.2) is 59.5 Å². The van der Waals surface area contributed by atoms with Crippen LogP contribution in [0.25, 0.3) is 22.3 Å². The fourth-order valence-electron chi connectivity index (χ4n) is 3.18. The van der Waals surface area contributed by atoms with Crippen LogP contribution < -0.4 is 10.7 Å². The molecular weight excluding hydrogens is 354 g/mol. The molecule has 2 aromatic carbocycles. The smallest absolute Gasteiger partial charge is 0.261 e. The highest BCUT2D eigenvalue weighted by Gasteiger charge is 2.27. The molecule has 138 valence electrons. The van der Waals surface area contributed by atoms with Gasteiger partial charge in [-0.05, 0) is 49.2 Å². The third-order valence-corrected chi connectivity index (χ3v) is 4.90. The number of nitrogens with one attached hydrogen (secondary N) is 3. The van der Waals surface area contributed by atoms with Crippen molar-refractivity contribution in [2.75, 3.05) is 5.32 Å². The number of carbonyl (C=O) groups excluding carboxylic acids is 1. The fraction of sp³-hybridized carbons (Fsp3) is 0.143. The van der Waals surface area contributed by atoms with Gasteiger partial charge in [-0.2, -0.15) is 5.10 Å². The molecule has 0 saturated heterocycles. The molecule has 2 aromatic heterocycles. The molecule has 0 bridgehead atoms. The van der Waals surface area contributed by atoms with E-state index in [4.69, 9.17) is 0 Å². The number of para-hydroxylation sites is 1. The van der Waals surface area contributed by atoms with Gasteiger partial charge in [0.2, 0.25) is 5.43 Å². The van der Waals surface area contributed by atoms with Gasteiger partial charge in [-0.1, -0.05) is 12.1 Å². The van der Waals surface area contributed by atoms with E-state index >= 15 is 0 Å². The van der Waals surface area contributed by atoms with Gasteiger partial charge in [0.15, 0.2) is 5.82 Å². The summed E-state index contributed by atoms with van der Waals surface area (Å²) in [6, 6.07) is 14.4. The van der Waals surface area contributed by atoms with Crippen molar-refractivity contribution in [3.63, 3.8) is 0 Å². The van der Waals surface area contributed by atoms with Gasteiger partial charge >= 0.3 is 0 Å². The van der Waals surface area contributed by atoms with E-state index < -0.39 is 5.91 Å². The second kappa shape index (κ2) is 6.45. The van der Waals surface area contributed by atoms with Crippen molar-refractivity contribution in [2.24, 2.45) is 0 Å². The van der Waals surface area contributed by atoms with E-state index in [0.29, 0.717) is 28.3 Å². The predicted molar refractivity (Wildman–Crippen MR) is 106 cm³/mol. The summed E-state index contributed by atoms with van der Waals surface area (Å²) in [7, 11) is 0. The van der Waals surface area contributed by atoms with Crippen LogP contribution in [-0.4, -0.2) is 26.1 Å². The highest BCUT2D eigenvalue weighted by atomic mass is 16.2. The molecule has 3 N–H and O–H groups in total. The van der Waals surface area contributed by atoms with Gasteiger partial charge in [-0.3, -0.25) is 14.7 Å². The molecule has 28 heavy (non-hydrogen) atoms. The molecule has 7 heteroatoms. The third kappa shape index (κ3) is 2.96. The third-order valence-electron chi connectivity index (χ3n) is 4.90. The Balaban J connectivity index is 1.36. The predicted octanol–water partition coefficient (Wildman–Crippen LogP) is 3.44. The molecule has 0 spiro atoms. The molecule has 1 saturated carbocycles. The molecule has 2 heterocycles. The van der Waals surface area contributed by atoms with Crippen LogP contribution in [0.5, 0.6) is 0 Å². The first kappa shape index (κ1) is 16.4. The van der Waals surface area contributed by atoms with Gasteiger partial charge in [0, 0.05) is 34.3 Å². The number of H-pyrrole nitrogens is 2. The Kier molecular flexibility index (Phi) is 3.79. The van der Waals surface area contributed by atoms with Gasteiger partial charge in [-0.25, -0.2) is 4.98 Å². The lowest BCUT2D eigenvalue weighted by molar-refractivity contribution is 0.102. The van der Waals surface area contributed by atoms with Gasteiger partial charge in [0.25, 0.3) is 5.91 Å². The zero-order valence-electron chi connectivity index (χ0n) is 14.9. The molecule has 0 radical (unpaired) electrons. The van der Waals surface area contributed by atoms with Crippen molar-refractivity contribution in [2.45, 2.75) is 18.8 Å². The van der Waals surface area contributed by atoms with Crippen LogP contribution in [0.4, 0.5) is 5.69 Å². The van der Waals surface area contributed by atoms with Crippen LogP contribution in [0.3, 0.4) is 0 Å². The standard InChI is InChI=1S/C21H17N5O2/c27-18-15-3-1-2-4-17(15)22-11-16(18)21(28)23-14-9-7-13(8-10-14)20-24-19(25-26-20)12-5-6-12/h1-4,7-12H,5-6H2,(H,22,27)(H,23,28)(H,24,25,26). The van der Waals surface area contributed by atoms with Crippen LogP contribution in [-0.2, 0) is 0 Å². The maximum atomic E-state index is 12.6. The Morgan fingerprint density at radius 3 is 2.64 bits per heavy atom. The van der Waals surface area contributed by atoms with Crippen LogP contribution in [0.2, 0.25) is 0 Å². The number of pyridine rings is 1. The Bertz CT molecular complexity index is 1240. The summed E-state index contributed by atoms with van der Waals surface area (Å²) in [5.74, 6) is 1.64. The van der Waals surface area contributed by atoms with E-state index in [0.717, 1.165) is 24.2 Å². The van der Waals surface area contributed by atoms with Gasteiger partial charge in [-0.15, -0.1) is 0 Å². The van der Waals surface area contributed by atoms with E-state index in [2.05, 4.69) is 25.5 Å². The van der Waals surface area contributed by atoms with Crippen molar-refractivity contribution in [1.29, 1.82) is 0 Å². The number of carbonyl (C=O) groups is 1. The number of aromatic nitrogens is 4. The minimum atomic E-state index is -0.450. The number of anilines is 1. The summed E-state index contributed by atoms with van der Waals surface area (Å²) in [6.07, 6.45) is 3.77. The minimum Gasteiger partial charge on any atom is -0.360 e. The molecule has 7 nitrogen and oxygen atoms in total. The summed E-state index contributed by atoms with van der Waals surface area (Å²) in [4.78, 5) is 32.6. The first-order valence-corrected chi connectivity index (χ1v) is 9.13. The average Bonchev–Trinajstić information content (AvgIpc) is 3.46. The Morgan fingerprint density at radius 2 is 1.86 bits per heavy atom. The van der Waals surface area contributed by atoms with Crippen molar-refractivity contribution in [1.82, 2.24) is 20.2 Å². The number of nitrogens with zero attached hydrogens (tertiary/aromatic N) is 2. The number of benzene rings is 2. The summed E-state index contributed by atoms with van der Waals surface area (Å²) in [5.41, 5.74) is 1.94. The van der Waals surface area contributed by atoms with Gasteiger partial charge in [0.1, 0.15) is 11.4 Å². The average molecular weight is 371 g/mol. The van der Waals surface area contributed by atoms with Crippen LogP contribution in [0, 0.1) is 0 Å². The molecule has 4 aromatic rings. The monoisotopic (exact) mass is 371 g/mol. The molecule has 1 amide bonds. The highest BCUT2D eigenvalue weighted by molar-refractivity contribution is 6.05. The number of hydrogen-bond donors (Lipinski definition) is 3. The lowest BCUT2D eigenvalue weighted by Gasteiger charge is -2.06. The van der Waals surface area contributed by atoms with Crippen molar-refractivity contribution in [3.8, 4) is 11.4 Å². The van der Waals surface area contributed by atoms with Crippen molar-refractivity contribution >= 4 is 22.5 Å². The SMILES string of the molecule is O=C(Nc1ccc(-c2n[nH]c(C3CC3)n2)cc1)c1c[nH]c2ccccc2c1=O. The maximum Gasteiger partial charge on any atom is 0.261 e. The summed E-state index contributed by atoms with van der Waals surface area (Å²) >= 11 is 0. The first-order chi connectivity index (χ1) is 13.7. The Labute approximate surface area is 159 Å². The van der Waals surface area contributed by atoms with Crippen molar-refractivity contribution in [3.05, 3.63) is 76.3 Å². The normalized spacial score (nSPS) is 13.6. The van der Waals surface area contributed by atoms with E-state index in [-0.39, 0.29) is 11.0 Å². The topological polar surface area (TPSA) is 104 Å². The number of rotatable bonds is 4. The van der Waals surface area contributed by atoms with Gasteiger partial charge in [0.05, 0.1) is 0 Å². The van der Waals surface area contributed by atoms with E-state index in [9.17, 15) is 9.59 Å². The summed E-state index contributed by atoms with van der Waals surface area (Å²) < 4.78 is 0. The lowest BCUT2D eigenvalue weighted by atomic mass is 10.1. The van der Waals surface area contributed by atoms with Gasteiger partial charge < -0.3 is 10.3 Å². The zero-order chi connectivity index (χ0) is 19.1.